The van der Waals surface area contributed by atoms with Crippen LogP contribution in [0.2, 0.25) is 0 Å². The average molecular weight is 248 g/mol. The van der Waals surface area contributed by atoms with E-state index in [1.807, 2.05) is 20.8 Å². The standard InChI is InChI=1S/C11H20O6/c1-5-11(2,3)10(12)14-7-9-16-17-15-8-6-13-4/h6,8H,5,7,9H2,1-4H3/b8-6-. The zero-order valence-corrected chi connectivity index (χ0v) is 10.7. The predicted octanol–water partition coefficient (Wildman–Crippen LogP) is 1.96. The fourth-order valence-corrected chi connectivity index (χ4v) is 0.671. The number of carbonyl (C=O) groups is 1. The van der Waals surface area contributed by atoms with E-state index in [1.165, 1.54) is 13.4 Å². The molecule has 0 bridgehead atoms. The number of esters is 1. The molecule has 0 atom stereocenters. The Morgan fingerprint density at radius 3 is 2.53 bits per heavy atom. The summed E-state index contributed by atoms with van der Waals surface area (Å²) in [6.07, 6.45) is 3.15. The first-order valence-corrected chi connectivity index (χ1v) is 5.34. The summed E-state index contributed by atoms with van der Waals surface area (Å²) < 4.78 is 9.52. The molecule has 0 spiro atoms. The Bertz CT molecular complexity index is 236. The number of ether oxygens (including phenoxy) is 2. The van der Waals surface area contributed by atoms with E-state index in [2.05, 4.69) is 19.6 Å². The van der Waals surface area contributed by atoms with E-state index in [-0.39, 0.29) is 19.2 Å². The smallest absolute Gasteiger partial charge is 0.311 e. The van der Waals surface area contributed by atoms with Crippen molar-refractivity contribution in [2.24, 2.45) is 5.41 Å². The van der Waals surface area contributed by atoms with Gasteiger partial charge in [-0.15, -0.1) is 0 Å². The van der Waals surface area contributed by atoms with Gasteiger partial charge in [-0.1, -0.05) is 6.92 Å². The highest BCUT2D eigenvalue weighted by atomic mass is 17.5. The Labute approximate surface area is 101 Å². The summed E-state index contributed by atoms with van der Waals surface area (Å²) in [7, 11) is 1.47. The van der Waals surface area contributed by atoms with Crippen LogP contribution in [0.25, 0.3) is 0 Å². The van der Waals surface area contributed by atoms with Gasteiger partial charge in [0, 0.05) is 0 Å². The van der Waals surface area contributed by atoms with Gasteiger partial charge in [0.1, 0.15) is 19.5 Å². The molecule has 0 aliphatic carbocycles. The third kappa shape index (κ3) is 7.59. The molecule has 0 aliphatic heterocycles. The van der Waals surface area contributed by atoms with Gasteiger partial charge in [-0.3, -0.25) is 4.79 Å². The second kappa shape index (κ2) is 8.83. The van der Waals surface area contributed by atoms with Crippen LogP contribution < -0.4 is 0 Å². The van der Waals surface area contributed by atoms with Crippen molar-refractivity contribution in [3.63, 3.8) is 0 Å². The van der Waals surface area contributed by atoms with Crippen molar-refractivity contribution >= 4 is 5.97 Å². The highest BCUT2D eigenvalue weighted by Crippen LogP contribution is 2.21. The summed E-state index contributed by atoms with van der Waals surface area (Å²) in [4.78, 5) is 20.5. The maximum atomic E-state index is 11.5. The molecule has 6 heteroatoms. The number of hydrogen-bond acceptors (Lipinski definition) is 6. The van der Waals surface area contributed by atoms with Gasteiger partial charge < -0.3 is 14.4 Å². The van der Waals surface area contributed by atoms with Crippen molar-refractivity contribution in [2.75, 3.05) is 20.3 Å². The Morgan fingerprint density at radius 2 is 1.94 bits per heavy atom. The van der Waals surface area contributed by atoms with Crippen molar-refractivity contribution in [3.8, 4) is 0 Å². The van der Waals surface area contributed by atoms with E-state index in [1.54, 1.807) is 0 Å². The minimum absolute atomic E-state index is 0.0896. The highest BCUT2D eigenvalue weighted by molar-refractivity contribution is 5.75. The fraction of sp³-hybridized carbons (Fsp3) is 0.727. The van der Waals surface area contributed by atoms with Crippen LogP contribution in [0.1, 0.15) is 27.2 Å². The van der Waals surface area contributed by atoms with Crippen molar-refractivity contribution in [2.45, 2.75) is 27.2 Å². The molecule has 0 N–H and O–H groups in total. The van der Waals surface area contributed by atoms with Gasteiger partial charge in [0.05, 0.1) is 12.5 Å². The van der Waals surface area contributed by atoms with Crippen molar-refractivity contribution < 1.29 is 29.1 Å². The van der Waals surface area contributed by atoms with Gasteiger partial charge in [-0.2, -0.15) is 4.89 Å². The molecule has 0 unspecified atom stereocenters. The van der Waals surface area contributed by atoms with Crippen LogP contribution in [0.4, 0.5) is 0 Å². The fourth-order valence-electron chi connectivity index (χ4n) is 0.671. The van der Waals surface area contributed by atoms with Gasteiger partial charge >= 0.3 is 5.97 Å². The Morgan fingerprint density at radius 1 is 1.24 bits per heavy atom. The van der Waals surface area contributed by atoms with Gasteiger partial charge in [-0.25, -0.2) is 0 Å². The van der Waals surface area contributed by atoms with Crippen LogP contribution in [-0.4, -0.2) is 26.3 Å². The first-order valence-electron chi connectivity index (χ1n) is 5.34. The van der Waals surface area contributed by atoms with Crippen LogP contribution in [0.5, 0.6) is 0 Å². The Kier molecular flexibility index (Phi) is 8.17. The normalized spacial score (nSPS) is 11.5. The average Bonchev–Trinajstić information content (AvgIpc) is 2.32. The Hall–Kier alpha value is -1.27. The summed E-state index contributed by atoms with van der Waals surface area (Å²) >= 11 is 0. The van der Waals surface area contributed by atoms with Crippen molar-refractivity contribution in [1.29, 1.82) is 0 Å². The molecular formula is C11H20O6. The van der Waals surface area contributed by atoms with Crippen molar-refractivity contribution in [1.82, 2.24) is 0 Å². The molecule has 0 amide bonds. The first kappa shape index (κ1) is 15.7. The van der Waals surface area contributed by atoms with Gasteiger partial charge in [-0.05, 0) is 25.3 Å². The molecule has 0 aromatic carbocycles. The molecule has 0 aromatic heterocycles. The largest absolute Gasteiger partial charge is 0.501 e. The Balaban J connectivity index is 3.46. The van der Waals surface area contributed by atoms with Crippen LogP contribution in [-0.2, 0) is 29.1 Å². The summed E-state index contributed by atoms with van der Waals surface area (Å²) in [5.41, 5.74) is -0.474. The van der Waals surface area contributed by atoms with Crippen LogP contribution in [0.15, 0.2) is 12.5 Å². The lowest BCUT2D eigenvalue weighted by molar-refractivity contribution is -0.491. The third-order valence-corrected chi connectivity index (χ3v) is 2.17. The molecule has 0 aromatic rings. The summed E-state index contributed by atoms with van der Waals surface area (Å²) in [5.74, 6) is -0.260. The molecule has 0 aliphatic rings. The number of hydrogen-bond donors (Lipinski definition) is 0. The molecule has 6 nitrogen and oxygen atoms in total. The summed E-state index contributed by atoms with van der Waals surface area (Å²) in [6.45, 7) is 5.78. The predicted molar refractivity (Wildman–Crippen MR) is 59.3 cm³/mol. The van der Waals surface area contributed by atoms with E-state index < -0.39 is 5.41 Å². The second-order valence-electron chi connectivity index (χ2n) is 3.87. The monoisotopic (exact) mass is 248 g/mol. The number of rotatable bonds is 9. The quantitative estimate of drug-likeness (QED) is 0.204. The minimum atomic E-state index is -0.474. The van der Waals surface area contributed by atoms with E-state index in [0.717, 1.165) is 6.26 Å². The number of carbonyl (C=O) groups excluding carboxylic acids is 1. The van der Waals surface area contributed by atoms with E-state index >= 15 is 0 Å². The van der Waals surface area contributed by atoms with Crippen LogP contribution in [0, 0.1) is 5.41 Å². The third-order valence-electron chi connectivity index (χ3n) is 2.17. The molecule has 0 radical (unpaired) electrons. The summed E-state index contributed by atoms with van der Waals surface area (Å²) in [5, 5.41) is 4.27. The van der Waals surface area contributed by atoms with E-state index in [9.17, 15) is 4.79 Å². The molecule has 17 heavy (non-hydrogen) atoms. The maximum absolute atomic E-state index is 11.5. The number of methoxy groups -OCH3 is 1. The summed E-state index contributed by atoms with van der Waals surface area (Å²) in [6, 6.07) is 0. The maximum Gasteiger partial charge on any atom is 0.311 e. The minimum Gasteiger partial charge on any atom is -0.501 e. The topological polar surface area (TPSA) is 63.2 Å². The second-order valence-corrected chi connectivity index (χ2v) is 3.87. The molecule has 0 heterocycles. The molecular weight excluding hydrogens is 228 g/mol. The lowest BCUT2D eigenvalue weighted by atomic mass is 9.91. The molecule has 0 saturated heterocycles. The van der Waals surface area contributed by atoms with E-state index in [0.29, 0.717) is 6.42 Å². The first-order chi connectivity index (χ1) is 8.04. The molecule has 0 saturated carbocycles. The van der Waals surface area contributed by atoms with Crippen LogP contribution in [0.3, 0.4) is 0 Å². The highest BCUT2D eigenvalue weighted by Gasteiger charge is 2.26. The lowest BCUT2D eigenvalue weighted by Crippen LogP contribution is -2.27. The lowest BCUT2D eigenvalue weighted by Gasteiger charge is -2.19. The molecule has 0 fully saturated rings. The molecule has 0 rings (SSSR count). The zero-order valence-electron chi connectivity index (χ0n) is 10.7. The van der Waals surface area contributed by atoms with E-state index in [4.69, 9.17) is 4.74 Å². The van der Waals surface area contributed by atoms with Gasteiger partial charge in [0.15, 0.2) is 6.26 Å². The molecule has 100 valence electrons. The zero-order chi connectivity index (χ0) is 13.1. The van der Waals surface area contributed by atoms with Gasteiger partial charge in [0.25, 0.3) is 0 Å². The van der Waals surface area contributed by atoms with Gasteiger partial charge in [0.2, 0.25) is 0 Å². The van der Waals surface area contributed by atoms with Crippen LogP contribution >= 0.6 is 0 Å². The van der Waals surface area contributed by atoms with Crippen molar-refractivity contribution in [3.05, 3.63) is 12.5 Å². The SMILES string of the molecule is CCC(C)(C)C(=O)OCCOOO/C=C\OC.